The second kappa shape index (κ2) is 6.70. The molecule has 2 aliphatic rings. The number of amides is 1. The molecule has 1 saturated heterocycles. The first-order valence-corrected chi connectivity index (χ1v) is 9.47. The number of hydrogen-bond donors (Lipinski definition) is 0. The van der Waals surface area contributed by atoms with Crippen molar-refractivity contribution in [1.82, 2.24) is 14.7 Å². The fourth-order valence-electron chi connectivity index (χ4n) is 3.86. The molecule has 1 saturated carbocycles. The van der Waals surface area contributed by atoms with Gasteiger partial charge in [-0.2, -0.15) is 5.10 Å². The van der Waals surface area contributed by atoms with Gasteiger partial charge in [0, 0.05) is 38.0 Å². The molecule has 134 valence electrons. The molecule has 1 aliphatic carbocycles. The molecule has 0 unspecified atom stereocenters. The van der Waals surface area contributed by atoms with Gasteiger partial charge in [-0.25, -0.2) is 0 Å². The Hall–Kier alpha value is -2.04. The summed E-state index contributed by atoms with van der Waals surface area (Å²) >= 11 is 0. The summed E-state index contributed by atoms with van der Waals surface area (Å²) in [6.45, 7) is 5.93. The molecular weight excluding hydrogens is 314 g/mol. The smallest absolute Gasteiger partial charge is 0.223 e. The number of furan rings is 1. The minimum absolute atomic E-state index is 0.228. The zero-order valence-corrected chi connectivity index (χ0v) is 15.1. The largest absolute Gasteiger partial charge is 0.466 e. The standard InChI is InChI=1S/C20H27N3O2/c1-14-11-21-23(12-14)16-4-3-9-22(13-16)20(24)8-6-17-5-7-19(25-17)18-10-15(18)2/h5,7,11-12,15-16,18H,3-4,6,8-10,13H2,1-2H3/t15-,16-,18+/m1/s1. The van der Waals surface area contributed by atoms with Crippen LogP contribution in [0.4, 0.5) is 0 Å². The molecule has 2 aromatic rings. The highest BCUT2D eigenvalue weighted by molar-refractivity contribution is 5.76. The van der Waals surface area contributed by atoms with Gasteiger partial charge in [0.15, 0.2) is 0 Å². The number of hydrogen-bond acceptors (Lipinski definition) is 3. The maximum absolute atomic E-state index is 12.6. The first-order valence-electron chi connectivity index (χ1n) is 9.47. The fraction of sp³-hybridized carbons (Fsp3) is 0.600. The highest BCUT2D eigenvalue weighted by Crippen LogP contribution is 2.47. The van der Waals surface area contributed by atoms with E-state index in [9.17, 15) is 4.79 Å². The molecule has 5 heteroatoms. The van der Waals surface area contributed by atoms with E-state index in [-0.39, 0.29) is 5.91 Å². The van der Waals surface area contributed by atoms with Gasteiger partial charge in [-0.15, -0.1) is 0 Å². The van der Waals surface area contributed by atoms with Crippen molar-refractivity contribution in [3.8, 4) is 0 Å². The van der Waals surface area contributed by atoms with Crippen LogP contribution >= 0.6 is 0 Å². The Balaban J connectivity index is 1.30. The molecule has 3 heterocycles. The number of carbonyl (C=O) groups excluding carboxylic acids is 1. The van der Waals surface area contributed by atoms with Gasteiger partial charge in [-0.3, -0.25) is 9.48 Å². The van der Waals surface area contributed by atoms with Gasteiger partial charge in [-0.05, 0) is 49.8 Å². The molecule has 2 aromatic heterocycles. The highest BCUT2D eigenvalue weighted by atomic mass is 16.3. The van der Waals surface area contributed by atoms with Gasteiger partial charge in [0.1, 0.15) is 11.5 Å². The molecule has 0 aromatic carbocycles. The molecular formula is C20H27N3O2. The van der Waals surface area contributed by atoms with Crippen LogP contribution in [0.5, 0.6) is 0 Å². The Labute approximate surface area is 149 Å². The lowest BCUT2D eigenvalue weighted by Gasteiger charge is -2.33. The van der Waals surface area contributed by atoms with Crippen molar-refractivity contribution in [3.05, 3.63) is 41.6 Å². The van der Waals surface area contributed by atoms with E-state index in [1.54, 1.807) is 0 Å². The van der Waals surface area contributed by atoms with Crippen molar-refractivity contribution in [2.24, 2.45) is 5.92 Å². The summed E-state index contributed by atoms with van der Waals surface area (Å²) in [7, 11) is 0. The first-order chi connectivity index (χ1) is 12.1. The van der Waals surface area contributed by atoms with Crippen LogP contribution in [0.1, 0.15) is 61.7 Å². The molecule has 3 atom stereocenters. The molecule has 1 amide bonds. The number of aryl methyl sites for hydroxylation is 2. The predicted molar refractivity (Wildman–Crippen MR) is 95.4 cm³/mol. The van der Waals surface area contributed by atoms with E-state index in [4.69, 9.17) is 4.42 Å². The minimum atomic E-state index is 0.228. The topological polar surface area (TPSA) is 51.3 Å². The number of aromatic nitrogens is 2. The van der Waals surface area contributed by atoms with E-state index >= 15 is 0 Å². The Morgan fingerprint density at radius 3 is 2.96 bits per heavy atom. The summed E-state index contributed by atoms with van der Waals surface area (Å²) in [5, 5.41) is 4.42. The van der Waals surface area contributed by atoms with Crippen LogP contribution in [0.25, 0.3) is 0 Å². The summed E-state index contributed by atoms with van der Waals surface area (Å²) in [4.78, 5) is 14.6. The Morgan fingerprint density at radius 1 is 1.40 bits per heavy atom. The van der Waals surface area contributed by atoms with E-state index in [0.717, 1.165) is 43.4 Å². The molecule has 2 fully saturated rings. The highest BCUT2D eigenvalue weighted by Gasteiger charge is 2.36. The molecule has 0 spiro atoms. The predicted octanol–water partition coefficient (Wildman–Crippen LogP) is 3.70. The lowest BCUT2D eigenvalue weighted by Crippen LogP contribution is -2.40. The zero-order chi connectivity index (χ0) is 17.4. The van der Waals surface area contributed by atoms with Crippen LogP contribution in [0.3, 0.4) is 0 Å². The summed E-state index contributed by atoms with van der Waals surface area (Å²) in [5.41, 5.74) is 1.17. The molecule has 0 bridgehead atoms. The van der Waals surface area contributed by atoms with E-state index in [1.165, 1.54) is 12.0 Å². The van der Waals surface area contributed by atoms with Crippen LogP contribution < -0.4 is 0 Å². The Bertz CT molecular complexity index is 748. The third-order valence-corrected chi connectivity index (χ3v) is 5.60. The Kier molecular flexibility index (Phi) is 4.40. The van der Waals surface area contributed by atoms with Crippen molar-refractivity contribution >= 4 is 5.91 Å². The van der Waals surface area contributed by atoms with Crippen LogP contribution in [-0.2, 0) is 11.2 Å². The summed E-state index contributed by atoms with van der Waals surface area (Å²) < 4.78 is 7.94. The van der Waals surface area contributed by atoms with Crippen LogP contribution in [-0.4, -0.2) is 33.7 Å². The van der Waals surface area contributed by atoms with Gasteiger partial charge >= 0.3 is 0 Å². The van der Waals surface area contributed by atoms with Gasteiger partial charge in [0.25, 0.3) is 0 Å². The van der Waals surface area contributed by atoms with Crippen molar-refractivity contribution < 1.29 is 9.21 Å². The lowest BCUT2D eigenvalue weighted by atomic mass is 10.1. The average Bonchev–Trinajstić information content (AvgIpc) is 3.02. The van der Waals surface area contributed by atoms with Gasteiger partial charge in [-0.1, -0.05) is 6.92 Å². The van der Waals surface area contributed by atoms with Crippen molar-refractivity contribution in [2.75, 3.05) is 13.1 Å². The van der Waals surface area contributed by atoms with E-state index in [2.05, 4.69) is 31.2 Å². The summed E-state index contributed by atoms with van der Waals surface area (Å²) in [5.74, 6) is 3.62. The number of likely N-dealkylation sites (tertiary alicyclic amines) is 1. The van der Waals surface area contributed by atoms with Crippen LogP contribution in [0.2, 0.25) is 0 Å². The maximum Gasteiger partial charge on any atom is 0.223 e. The average molecular weight is 341 g/mol. The van der Waals surface area contributed by atoms with Gasteiger partial charge < -0.3 is 9.32 Å². The van der Waals surface area contributed by atoms with Crippen molar-refractivity contribution in [2.45, 2.75) is 57.9 Å². The third-order valence-electron chi connectivity index (χ3n) is 5.60. The quantitative estimate of drug-likeness (QED) is 0.833. The van der Waals surface area contributed by atoms with Crippen molar-refractivity contribution in [3.63, 3.8) is 0 Å². The molecule has 25 heavy (non-hydrogen) atoms. The molecule has 4 rings (SSSR count). The number of piperidine rings is 1. The summed E-state index contributed by atoms with van der Waals surface area (Å²) in [6, 6.07) is 4.43. The number of nitrogens with zero attached hydrogens (tertiary/aromatic N) is 3. The second-order valence-electron chi connectivity index (χ2n) is 7.76. The van der Waals surface area contributed by atoms with E-state index in [1.807, 2.05) is 21.8 Å². The molecule has 5 nitrogen and oxygen atoms in total. The van der Waals surface area contributed by atoms with Crippen LogP contribution in [0.15, 0.2) is 28.9 Å². The fourth-order valence-corrected chi connectivity index (χ4v) is 3.86. The maximum atomic E-state index is 12.6. The molecule has 0 radical (unpaired) electrons. The monoisotopic (exact) mass is 341 g/mol. The van der Waals surface area contributed by atoms with Gasteiger partial charge in [0.05, 0.1) is 12.2 Å². The first kappa shape index (κ1) is 16.4. The third kappa shape index (κ3) is 3.65. The van der Waals surface area contributed by atoms with Gasteiger partial charge in [0.2, 0.25) is 5.91 Å². The number of rotatable bonds is 5. The van der Waals surface area contributed by atoms with Crippen LogP contribution in [0, 0.1) is 12.8 Å². The zero-order valence-electron chi connectivity index (χ0n) is 15.1. The minimum Gasteiger partial charge on any atom is -0.466 e. The van der Waals surface area contributed by atoms with Crippen molar-refractivity contribution in [1.29, 1.82) is 0 Å². The van der Waals surface area contributed by atoms with E-state index < -0.39 is 0 Å². The molecule has 0 N–H and O–H groups in total. The summed E-state index contributed by atoms with van der Waals surface area (Å²) in [6.07, 6.45) is 8.54. The lowest BCUT2D eigenvalue weighted by molar-refractivity contribution is -0.132. The molecule has 1 aliphatic heterocycles. The normalized spacial score (nSPS) is 26.0. The Morgan fingerprint density at radius 2 is 2.24 bits per heavy atom. The second-order valence-corrected chi connectivity index (χ2v) is 7.76. The van der Waals surface area contributed by atoms with E-state index in [0.29, 0.717) is 24.8 Å². The SMILES string of the molecule is Cc1cnn([C@@H]2CCCN(C(=O)CCc3ccc([C@H]4C[C@H]4C)o3)C2)c1. The number of carbonyl (C=O) groups is 1.